The summed E-state index contributed by atoms with van der Waals surface area (Å²) < 4.78 is 6.68. The molecule has 1 heterocycles. The van der Waals surface area contributed by atoms with Gasteiger partial charge >= 0.3 is 0 Å². The number of nitrogens with two attached hydrogens (primary N) is 1. The molecule has 0 fully saturated rings. The number of pyridine rings is 1. The standard InChI is InChI=1S/C21H17BrClN3O/c1-3-27-18-9-6-14(22)10-16(18)19-12(2)20(26-21(25)17(19)11-24)13-4-7-15(23)8-5-13/h4-10H,3H2,1-2H3,(H2,25,26). The predicted molar refractivity (Wildman–Crippen MR) is 113 cm³/mol. The zero-order chi connectivity index (χ0) is 19.6. The fraction of sp³-hybridized carbons (Fsp3) is 0.143. The van der Waals surface area contributed by atoms with Crippen molar-refractivity contribution in [2.45, 2.75) is 13.8 Å². The second-order valence-electron chi connectivity index (χ2n) is 5.91. The minimum atomic E-state index is 0.186. The molecule has 1 aromatic heterocycles. The molecule has 6 heteroatoms. The number of rotatable bonds is 4. The number of hydrogen-bond donors (Lipinski definition) is 1. The lowest BCUT2D eigenvalue weighted by Gasteiger charge is -2.18. The summed E-state index contributed by atoms with van der Waals surface area (Å²) in [6.45, 7) is 4.37. The van der Waals surface area contributed by atoms with E-state index in [0.29, 0.717) is 28.6 Å². The molecule has 0 aliphatic carbocycles. The molecule has 0 unspecified atom stereocenters. The van der Waals surface area contributed by atoms with Crippen LogP contribution < -0.4 is 10.5 Å². The van der Waals surface area contributed by atoms with E-state index in [2.05, 4.69) is 27.0 Å². The number of aromatic nitrogens is 1. The second kappa shape index (κ2) is 7.99. The first kappa shape index (κ1) is 19.2. The zero-order valence-electron chi connectivity index (χ0n) is 14.9. The van der Waals surface area contributed by atoms with Crippen molar-refractivity contribution in [1.29, 1.82) is 5.26 Å². The number of benzene rings is 2. The van der Waals surface area contributed by atoms with Crippen LogP contribution in [0, 0.1) is 18.3 Å². The highest BCUT2D eigenvalue weighted by Crippen LogP contribution is 2.41. The Morgan fingerprint density at radius 2 is 1.93 bits per heavy atom. The molecule has 3 aromatic rings. The van der Waals surface area contributed by atoms with Crippen LogP contribution in [0.2, 0.25) is 5.02 Å². The fourth-order valence-electron chi connectivity index (χ4n) is 3.01. The van der Waals surface area contributed by atoms with Crippen LogP contribution in [0.1, 0.15) is 18.1 Å². The van der Waals surface area contributed by atoms with E-state index in [1.165, 1.54) is 0 Å². The van der Waals surface area contributed by atoms with Crippen LogP contribution in [0.15, 0.2) is 46.9 Å². The highest BCUT2D eigenvalue weighted by molar-refractivity contribution is 9.10. The van der Waals surface area contributed by atoms with Crippen LogP contribution in [-0.2, 0) is 0 Å². The van der Waals surface area contributed by atoms with Crippen molar-refractivity contribution >= 4 is 33.3 Å². The average Bonchev–Trinajstić information content (AvgIpc) is 2.65. The Bertz CT molecular complexity index is 1040. The molecule has 0 amide bonds. The number of halogens is 2. The lowest BCUT2D eigenvalue weighted by molar-refractivity contribution is 0.341. The van der Waals surface area contributed by atoms with Gasteiger partial charge in [0.1, 0.15) is 23.2 Å². The van der Waals surface area contributed by atoms with E-state index in [1.807, 2.05) is 44.2 Å². The maximum Gasteiger partial charge on any atom is 0.142 e. The Morgan fingerprint density at radius 1 is 1.22 bits per heavy atom. The van der Waals surface area contributed by atoms with Crippen molar-refractivity contribution in [1.82, 2.24) is 4.98 Å². The molecule has 2 aromatic carbocycles. The molecule has 0 radical (unpaired) electrons. The van der Waals surface area contributed by atoms with E-state index in [9.17, 15) is 5.26 Å². The van der Waals surface area contributed by atoms with Crippen molar-refractivity contribution in [2.75, 3.05) is 12.3 Å². The summed E-state index contributed by atoms with van der Waals surface area (Å²) in [5, 5.41) is 10.4. The van der Waals surface area contributed by atoms with E-state index in [1.54, 1.807) is 12.1 Å². The summed E-state index contributed by atoms with van der Waals surface area (Å²) in [7, 11) is 0. The minimum absolute atomic E-state index is 0.186. The molecule has 0 aliphatic rings. The fourth-order valence-corrected chi connectivity index (χ4v) is 3.50. The van der Waals surface area contributed by atoms with E-state index in [4.69, 9.17) is 22.1 Å². The molecular weight excluding hydrogens is 426 g/mol. The van der Waals surface area contributed by atoms with E-state index < -0.39 is 0 Å². The topological polar surface area (TPSA) is 71.9 Å². The van der Waals surface area contributed by atoms with E-state index >= 15 is 0 Å². The van der Waals surface area contributed by atoms with Crippen molar-refractivity contribution < 1.29 is 4.74 Å². The van der Waals surface area contributed by atoms with Crippen LogP contribution in [-0.4, -0.2) is 11.6 Å². The Hall–Kier alpha value is -2.55. The third kappa shape index (κ3) is 3.78. The molecule has 0 aliphatic heterocycles. The zero-order valence-corrected chi connectivity index (χ0v) is 17.2. The Balaban J connectivity index is 2.35. The van der Waals surface area contributed by atoms with Gasteiger partial charge in [-0.25, -0.2) is 4.98 Å². The van der Waals surface area contributed by atoms with Gasteiger partial charge in [-0.05, 0) is 49.7 Å². The summed E-state index contributed by atoms with van der Waals surface area (Å²) in [6, 6.07) is 15.3. The SMILES string of the molecule is CCOc1ccc(Br)cc1-c1c(C)c(-c2ccc(Cl)cc2)nc(N)c1C#N. The normalized spacial score (nSPS) is 10.5. The van der Waals surface area contributed by atoms with Gasteiger partial charge in [0.25, 0.3) is 0 Å². The quantitative estimate of drug-likeness (QED) is 0.538. The lowest BCUT2D eigenvalue weighted by Crippen LogP contribution is -2.04. The molecule has 0 saturated carbocycles. The predicted octanol–water partition coefficient (Wildman–Crippen LogP) is 5.99. The van der Waals surface area contributed by atoms with Crippen molar-refractivity contribution in [3.63, 3.8) is 0 Å². The number of nitrogen functional groups attached to an aromatic ring is 1. The molecule has 2 N–H and O–H groups in total. The molecule has 0 spiro atoms. The number of anilines is 1. The van der Waals surface area contributed by atoms with E-state index in [-0.39, 0.29) is 5.82 Å². The number of nitriles is 1. The van der Waals surface area contributed by atoms with Crippen LogP contribution in [0.5, 0.6) is 5.75 Å². The summed E-state index contributed by atoms with van der Waals surface area (Å²) in [5.74, 6) is 0.874. The summed E-state index contributed by atoms with van der Waals surface area (Å²) >= 11 is 9.51. The highest BCUT2D eigenvalue weighted by Gasteiger charge is 2.21. The molecular formula is C21H17BrClN3O. The van der Waals surface area contributed by atoms with E-state index in [0.717, 1.165) is 26.7 Å². The maximum atomic E-state index is 9.73. The van der Waals surface area contributed by atoms with Gasteiger partial charge in [-0.15, -0.1) is 0 Å². The first-order valence-corrected chi connectivity index (χ1v) is 9.52. The van der Waals surface area contributed by atoms with Crippen LogP contribution in [0.4, 0.5) is 5.82 Å². The third-order valence-corrected chi connectivity index (χ3v) is 4.95. The average molecular weight is 443 g/mol. The van der Waals surface area contributed by atoms with Gasteiger partial charge in [-0.3, -0.25) is 0 Å². The van der Waals surface area contributed by atoms with Gasteiger partial charge in [0, 0.05) is 26.2 Å². The van der Waals surface area contributed by atoms with Gasteiger partial charge in [-0.2, -0.15) is 5.26 Å². The molecule has 0 saturated heterocycles. The second-order valence-corrected chi connectivity index (χ2v) is 7.26. The molecule has 3 rings (SSSR count). The minimum Gasteiger partial charge on any atom is -0.493 e. The maximum absolute atomic E-state index is 9.73. The van der Waals surface area contributed by atoms with Crippen LogP contribution in [0.3, 0.4) is 0 Å². The smallest absolute Gasteiger partial charge is 0.142 e. The summed E-state index contributed by atoms with van der Waals surface area (Å²) in [4.78, 5) is 4.49. The first-order chi connectivity index (χ1) is 13.0. The van der Waals surface area contributed by atoms with Crippen molar-refractivity contribution in [3.05, 3.63) is 63.1 Å². The molecule has 0 atom stereocenters. The number of hydrogen-bond acceptors (Lipinski definition) is 4. The highest BCUT2D eigenvalue weighted by atomic mass is 79.9. The Morgan fingerprint density at radius 3 is 2.56 bits per heavy atom. The summed E-state index contributed by atoms with van der Waals surface area (Å²) in [6.07, 6.45) is 0. The molecule has 0 bridgehead atoms. The van der Waals surface area contributed by atoms with Crippen LogP contribution >= 0.6 is 27.5 Å². The molecule has 4 nitrogen and oxygen atoms in total. The first-order valence-electron chi connectivity index (χ1n) is 8.35. The van der Waals surface area contributed by atoms with Gasteiger partial charge < -0.3 is 10.5 Å². The van der Waals surface area contributed by atoms with Gasteiger partial charge in [0.2, 0.25) is 0 Å². The largest absolute Gasteiger partial charge is 0.493 e. The van der Waals surface area contributed by atoms with Crippen molar-refractivity contribution in [2.24, 2.45) is 0 Å². The summed E-state index contributed by atoms with van der Waals surface area (Å²) in [5.41, 5.74) is 10.4. The number of ether oxygens (including phenoxy) is 1. The Kier molecular flexibility index (Phi) is 5.69. The monoisotopic (exact) mass is 441 g/mol. The third-order valence-electron chi connectivity index (χ3n) is 4.21. The van der Waals surface area contributed by atoms with Gasteiger partial charge in [0.15, 0.2) is 0 Å². The lowest BCUT2D eigenvalue weighted by atomic mass is 9.92. The number of nitrogens with zero attached hydrogens (tertiary/aromatic N) is 2. The Labute approximate surface area is 171 Å². The van der Waals surface area contributed by atoms with Gasteiger partial charge in [-0.1, -0.05) is 39.7 Å². The van der Waals surface area contributed by atoms with Crippen molar-refractivity contribution in [3.8, 4) is 34.2 Å². The van der Waals surface area contributed by atoms with Gasteiger partial charge in [0.05, 0.1) is 12.3 Å². The molecule has 27 heavy (non-hydrogen) atoms. The van der Waals surface area contributed by atoms with Crippen LogP contribution in [0.25, 0.3) is 22.4 Å². The molecule has 136 valence electrons.